The Morgan fingerprint density at radius 2 is 1.98 bits per heavy atom. The van der Waals surface area contributed by atoms with Crippen molar-refractivity contribution in [2.45, 2.75) is 56.8 Å². The Bertz CT molecular complexity index is 1550. The lowest BCUT2D eigenvalue weighted by Gasteiger charge is -2.24. The molecular weight excluding hydrogens is 554 g/mol. The van der Waals surface area contributed by atoms with Crippen molar-refractivity contribution < 1.29 is 19.1 Å². The van der Waals surface area contributed by atoms with Crippen molar-refractivity contribution in [1.82, 2.24) is 4.98 Å². The molecule has 2 aromatic carbocycles. The standard InChI is InChI=1S/C34H36ClNO4S/c1-33(2,38)27-10-5-4-8-24(27)12-16-30(41-22-34(17-18-34)20-31(37)39-3)25-9-6-7-23(19-25)11-13-26-14-15-29-32(36-26)28(35)21-40-29/h4-11,13-15,19,21,30,38H,12,16-18,20,22H2,1-3H3/b13-11+. The summed E-state index contributed by atoms with van der Waals surface area (Å²) in [5.41, 5.74) is 5.72. The van der Waals surface area contributed by atoms with Crippen LogP contribution in [0.25, 0.3) is 23.3 Å². The van der Waals surface area contributed by atoms with Crippen molar-refractivity contribution in [2.24, 2.45) is 5.41 Å². The number of hydrogen-bond acceptors (Lipinski definition) is 6. The zero-order chi connectivity index (χ0) is 29.0. The molecule has 1 N–H and O–H groups in total. The maximum Gasteiger partial charge on any atom is 0.306 e. The Hall–Kier alpha value is -3.06. The lowest BCUT2D eigenvalue weighted by Crippen LogP contribution is -2.18. The third-order valence-electron chi connectivity index (χ3n) is 7.77. The van der Waals surface area contributed by atoms with Crippen LogP contribution in [0.15, 0.2) is 71.3 Å². The van der Waals surface area contributed by atoms with E-state index in [4.69, 9.17) is 20.8 Å². The van der Waals surface area contributed by atoms with E-state index < -0.39 is 5.60 Å². The van der Waals surface area contributed by atoms with Gasteiger partial charge in [-0.3, -0.25) is 4.79 Å². The van der Waals surface area contributed by atoms with Crippen molar-refractivity contribution in [2.75, 3.05) is 12.9 Å². The third kappa shape index (κ3) is 7.42. The van der Waals surface area contributed by atoms with Gasteiger partial charge in [0.15, 0.2) is 5.58 Å². The van der Waals surface area contributed by atoms with Gasteiger partial charge < -0.3 is 14.3 Å². The van der Waals surface area contributed by atoms with Gasteiger partial charge in [-0.25, -0.2) is 4.98 Å². The smallest absolute Gasteiger partial charge is 0.306 e. The van der Waals surface area contributed by atoms with Gasteiger partial charge in [0.2, 0.25) is 0 Å². The molecule has 2 aromatic heterocycles. The van der Waals surface area contributed by atoms with Crippen LogP contribution >= 0.6 is 23.4 Å². The predicted molar refractivity (Wildman–Crippen MR) is 168 cm³/mol. The van der Waals surface area contributed by atoms with Crippen LogP contribution in [0.1, 0.15) is 72.7 Å². The number of thioether (sulfide) groups is 1. The highest BCUT2D eigenvalue weighted by Crippen LogP contribution is 2.53. The molecule has 41 heavy (non-hydrogen) atoms. The quantitative estimate of drug-likeness (QED) is 0.167. The molecule has 0 spiro atoms. The molecule has 0 aliphatic heterocycles. The fourth-order valence-corrected chi connectivity index (χ4v) is 6.96. The summed E-state index contributed by atoms with van der Waals surface area (Å²) in [5.74, 6) is 0.782. The van der Waals surface area contributed by atoms with Gasteiger partial charge in [-0.1, -0.05) is 66.2 Å². The Morgan fingerprint density at radius 3 is 2.73 bits per heavy atom. The monoisotopic (exact) mass is 589 g/mol. The predicted octanol–water partition coefficient (Wildman–Crippen LogP) is 8.63. The molecule has 2 heterocycles. The molecule has 0 saturated heterocycles. The first-order valence-corrected chi connectivity index (χ1v) is 15.4. The normalized spacial score (nSPS) is 15.3. The fourth-order valence-electron chi connectivity index (χ4n) is 5.21. The largest absolute Gasteiger partial charge is 0.469 e. The van der Waals surface area contributed by atoms with Crippen LogP contribution in [0.4, 0.5) is 0 Å². The number of ether oxygens (including phenoxy) is 1. The van der Waals surface area contributed by atoms with E-state index in [9.17, 15) is 9.90 Å². The first-order chi connectivity index (χ1) is 19.7. The molecule has 1 atom stereocenters. The molecule has 1 fully saturated rings. The topological polar surface area (TPSA) is 72.6 Å². The van der Waals surface area contributed by atoms with E-state index in [1.165, 1.54) is 18.9 Å². The third-order valence-corrected chi connectivity index (χ3v) is 9.73. The molecule has 5 rings (SSSR count). The summed E-state index contributed by atoms with van der Waals surface area (Å²) in [7, 11) is 1.46. The first kappa shape index (κ1) is 29.4. The highest BCUT2D eigenvalue weighted by atomic mass is 35.5. The summed E-state index contributed by atoms with van der Waals surface area (Å²) in [6.07, 6.45) is 9.91. The van der Waals surface area contributed by atoms with E-state index in [1.54, 1.807) is 0 Å². The van der Waals surface area contributed by atoms with E-state index in [-0.39, 0.29) is 16.6 Å². The Morgan fingerprint density at radius 1 is 1.17 bits per heavy atom. The number of hydrogen-bond donors (Lipinski definition) is 1. The number of methoxy groups -OCH3 is 1. The number of rotatable bonds is 12. The highest BCUT2D eigenvalue weighted by Gasteiger charge is 2.45. The second-order valence-corrected chi connectivity index (χ2v) is 13.1. The van der Waals surface area contributed by atoms with Gasteiger partial charge in [-0.2, -0.15) is 11.8 Å². The van der Waals surface area contributed by atoms with Crippen molar-refractivity contribution in [1.29, 1.82) is 0 Å². The highest BCUT2D eigenvalue weighted by molar-refractivity contribution is 7.99. The summed E-state index contributed by atoms with van der Waals surface area (Å²) >= 11 is 8.13. The van der Waals surface area contributed by atoms with Gasteiger partial charge in [-0.05, 0) is 85.4 Å². The van der Waals surface area contributed by atoms with E-state index in [2.05, 4.69) is 41.4 Å². The molecule has 0 amide bonds. The number of benzene rings is 2. The molecule has 1 unspecified atom stereocenters. The number of furan rings is 1. The molecule has 214 valence electrons. The van der Waals surface area contributed by atoms with E-state index in [0.717, 1.165) is 53.8 Å². The number of esters is 1. The minimum absolute atomic E-state index is 0.0389. The Balaban J connectivity index is 1.37. The molecule has 0 bridgehead atoms. The molecule has 1 aliphatic carbocycles. The number of halogens is 1. The fraction of sp³-hybridized carbons (Fsp3) is 0.353. The summed E-state index contributed by atoms with van der Waals surface area (Å²) in [4.78, 5) is 16.7. The number of pyridine rings is 1. The van der Waals surface area contributed by atoms with Crippen LogP contribution in [-0.4, -0.2) is 28.9 Å². The van der Waals surface area contributed by atoms with Crippen LogP contribution in [0, 0.1) is 5.41 Å². The van der Waals surface area contributed by atoms with Crippen molar-refractivity contribution in [3.8, 4) is 0 Å². The lowest BCUT2D eigenvalue weighted by atomic mass is 9.90. The number of aliphatic hydroxyl groups is 1. The maximum atomic E-state index is 12.1. The van der Waals surface area contributed by atoms with Crippen LogP contribution < -0.4 is 0 Å². The van der Waals surface area contributed by atoms with Crippen molar-refractivity contribution in [3.05, 3.63) is 99.9 Å². The van der Waals surface area contributed by atoms with Gasteiger partial charge in [0.05, 0.1) is 24.8 Å². The average Bonchev–Trinajstić information content (AvgIpc) is 3.63. The molecular formula is C34H36ClNO4S. The van der Waals surface area contributed by atoms with E-state index in [0.29, 0.717) is 22.5 Å². The second kappa shape index (κ2) is 12.4. The van der Waals surface area contributed by atoms with E-state index in [1.807, 2.05) is 62.0 Å². The number of carbonyl (C=O) groups is 1. The van der Waals surface area contributed by atoms with Crippen LogP contribution in [-0.2, 0) is 21.6 Å². The van der Waals surface area contributed by atoms with Gasteiger partial charge in [-0.15, -0.1) is 0 Å². The molecule has 1 saturated carbocycles. The zero-order valence-electron chi connectivity index (χ0n) is 23.7. The van der Waals surface area contributed by atoms with Crippen LogP contribution in [0.3, 0.4) is 0 Å². The van der Waals surface area contributed by atoms with Crippen LogP contribution in [0.2, 0.25) is 5.02 Å². The molecule has 7 heteroatoms. The summed E-state index contributed by atoms with van der Waals surface area (Å²) in [6, 6.07) is 20.6. The van der Waals surface area contributed by atoms with E-state index >= 15 is 0 Å². The SMILES string of the molecule is COC(=O)CC1(CSC(CCc2ccccc2C(C)(C)O)c2cccc(/C=C/c3ccc4occ(Cl)c4n3)c2)CC1. The molecule has 5 nitrogen and oxygen atoms in total. The van der Waals surface area contributed by atoms with Gasteiger partial charge in [0.1, 0.15) is 16.8 Å². The average molecular weight is 590 g/mol. The molecule has 4 aromatic rings. The number of aryl methyl sites for hydroxylation is 1. The minimum Gasteiger partial charge on any atom is -0.469 e. The minimum atomic E-state index is -0.903. The van der Waals surface area contributed by atoms with Crippen LogP contribution in [0.5, 0.6) is 0 Å². The Kier molecular flexibility index (Phi) is 8.93. The Labute approximate surface area is 251 Å². The second-order valence-electron chi connectivity index (χ2n) is 11.5. The number of carbonyl (C=O) groups excluding carboxylic acids is 1. The van der Waals surface area contributed by atoms with Gasteiger partial charge >= 0.3 is 5.97 Å². The number of nitrogens with zero attached hydrogens (tertiary/aromatic N) is 1. The number of fused-ring (bicyclic) bond motifs is 1. The summed E-state index contributed by atoms with van der Waals surface area (Å²) < 4.78 is 10.4. The van der Waals surface area contributed by atoms with Gasteiger partial charge in [0.25, 0.3) is 0 Å². The van der Waals surface area contributed by atoms with Gasteiger partial charge in [0, 0.05) is 11.0 Å². The first-order valence-electron chi connectivity index (χ1n) is 14.0. The zero-order valence-corrected chi connectivity index (χ0v) is 25.3. The maximum absolute atomic E-state index is 12.1. The number of aromatic nitrogens is 1. The summed E-state index contributed by atoms with van der Waals surface area (Å²) in [6.45, 7) is 3.68. The molecule has 1 aliphatic rings. The summed E-state index contributed by atoms with van der Waals surface area (Å²) in [5, 5.41) is 11.5. The van der Waals surface area contributed by atoms with Crippen molar-refractivity contribution in [3.63, 3.8) is 0 Å². The van der Waals surface area contributed by atoms with Crippen molar-refractivity contribution >= 4 is 52.6 Å². The lowest BCUT2D eigenvalue weighted by molar-refractivity contribution is -0.141. The molecule has 0 radical (unpaired) electrons.